The highest BCUT2D eigenvalue weighted by molar-refractivity contribution is 7.92. The van der Waals surface area contributed by atoms with Gasteiger partial charge in [-0.15, -0.1) is 0 Å². The zero-order valence-corrected chi connectivity index (χ0v) is 10.4. The van der Waals surface area contributed by atoms with Crippen molar-refractivity contribution in [1.29, 1.82) is 0 Å². The lowest BCUT2D eigenvalue weighted by Crippen LogP contribution is -2.26. The molecular formula is C11H13N3O2S. The van der Waals surface area contributed by atoms with Gasteiger partial charge in [-0.25, -0.2) is 4.98 Å². The topological polar surface area (TPSA) is 66.1 Å². The first-order chi connectivity index (χ1) is 8.01. The molecule has 17 heavy (non-hydrogen) atoms. The molecule has 2 rings (SSSR count). The summed E-state index contributed by atoms with van der Waals surface area (Å²) in [5, 5.41) is 0.0985. The van der Waals surface area contributed by atoms with Crippen molar-refractivity contribution in [3.8, 4) is 0 Å². The van der Waals surface area contributed by atoms with Crippen molar-refractivity contribution in [1.82, 2.24) is 9.97 Å². The number of hydrogen-bond acceptors (Lipinski definition) is 3. The summed E-state index contributed by atoms with van der Waals surface area (Å²) >= 11 is 0. The number of H-pyrrole nitrogens is 1. The van der Waals surface area contributed by atoms with E-state index in [9.17, 15) is 8.42 Å². The first-order valence-electron chi connectivity index (χ1n) is 5.07. The van der Waals surface area contributed by atoms with Crippen molar-refractivity contribution < 1.29 is 8.42 Å². The highest BCUT2D eigenvalue weighted by Crippen LogP contribution is 2.19. The minimum atomic E-state index is -3.56. The molecule has 0 saturated carbocycles. The third kappa shape index (κ3) is 2.16. The minimum absolute atomic E-state index is 0.0985. The van der Waals surface area contributed by atoms with Crippen LogP contribution in [0.4, 0.5) is 5.69 Å². The number of anilines is 1. The maximum Gasteiger partial charge on any atom is 0.281 e. The molecule has 2 aromatic rings. The highest BCUT2D eigenvalue weighted by atomic mass is 32.2. The van der Waals surface area contributed by atoms with Gasteiger partial charge in [-0.2, -0.15) is 8.42 Å². The Bertz CT molecular complexity index is 605. The lowest BCUT2D eigenvalue weighted by atomic mass is 10.3. The predicted molar refractivity (Wildman–Crippen MR) is 65.4 cm³/mol. The molecule has 0 aliphatic heterocycles. The summed E-state index contributed by atoms with van der Waals surface area (Å²) < 4.78 is 25.6. The number of benzene rings is 1. The van der Waals surface area contributed by atoms with Gasteiger partial charge in [0.05, 0.1) is 11.9 Å². The molecule has 1 aromatic heterocycles. The molecule has 1 aromatic carbocycles. The number of nitrogens with one attached hydrogen (secondary N) is 1. The van der Waals surface area contributed by atoms with Crippen LogP contribution < -0.4 is 4.31 Å². The van der Waals surface area contributed by atoms with Gasteiger partial charge in [-0.3, -0.25) is 4.31 Å². The summed E-state index contributed by atoms with van der Waals surface area (Å²) in [6.45, 7) is 1.71. The maximum absolute atomic E-state index is 12.2. The molecule has 6 heteroatoms. The molecule has 0 unspecified atom stereocenters. The summed E-state index contributed by atoms with van der Waals surface area (Å²) in [5.74, 6) is 0.574. The van der Waals surface area contributed by atoms with E-state index in [1.54, 1.807) is 31.2 Å². The van der Waals surface area contributed by atoms with Gasteiger partial charge in [-0.1, -0.05) is 18.2 Å². The van der Waals surface area contributed by atoms with E-state index in [-0.39, 0.29) is 5.03 Å². The number of para-hydroxylation sites is 1. The van der Waals surface area contributed by atoms with Crippen LogP contribution in [0.25, 0.3) is 0 Å². The van der Waals surface area contributed by atoms with Crippen LogP contribution in [-0.2, 0) is 10.0 Å². The van der Waals surface area contributed by atoms with Gasteiger partial charge in [0.1, 0.15) is 5.82 Å². The number of sulfonamides is 1. The molecule has 1 heterocycles. The highest BCUT2D eigenvalue weighted by Gasteiger charge is 2.22. The van der Waals surface area contributed by atoms with E-state index in [4.69, 9.17) is 0 Å². The molecule has 0 amide bonds. The molecule has 0 atom stereocenters. The molecule has 90 valence electrons. The zero-order valence-electron chi connectivity index (χ0n) is 9.58. The lowest BCUT2D eigenvalue weighted by molar-refractivity contribution is 0.591. The number of hydrogen-bond donors (Lipinski definition) is 1. The quantitative estimate of drug-likeness (QED) is 0.900. The number of aromatic amines is 1. The molecule has 0 saturated heterocycles. The van der Waals surface area contributed by atoms with Crippen molar-refractivity contribution in [3.05, 3.63) is 42.4 Å². The largest absolute Gasteiger partial charge is 0.332 e. The van der Waals surface area contributed by atoms with E-state index in [1.165, 1.54) is 17.5 Å². The number of nitrogens with zero attached hydrogens (tertiary/aromatic N) is 2. The van der Waals surface area contributed by atoms with Gasteiger partial charge >= 0.3 is 0 Å². The Morgan fingerprint density at radius 1 is 1.24 bits per heavy atom. The SMILES string of the molecule is Cc1ncc(S(=O)(=O)N(C)c2ccccc2)[nH]1. The Morgan fingerprint density at radius 2 is 1.88 bits per heavy atom. The third-order valence-electron chi connectivity index (χ3n) is 2.44. The first-order valence-corrected chi connectivity index (χ1v) is 6.51. The number of rotatable bonds is 3. The Balaban J connectivity index is 2.40. The molecule has 0 bridgehead atoms. The van der Waals surface area contributed by atoms with Crippen molar-refractivity contribution in [2.24, 2.45) is 0 Å². The van der Waals surface area contributed by atoms with Gasteiger partial charge in [-0.05, 0) is 19.1 Å². The minimum Gasteiger partial charge on any atom is -0.332 e. The zero-order chi connectivity index (χ0) is 12.5. The molecule has 0 radical (unpaired) electrons. The molecule has 0 aliphatic rings. The average molecular weight is 251 g/mol. The van der Waals surface area contributed by atoms with Crippen molar-refractivity contribution in [2.45, 2.75) is 11.9 Å². The fraction of sp³-hybridized carbons (Fsp3) is 0.182. The van der Waals surface area contributed by atoms with Crippen LogP contribution in [0, 0.1) is 6.92 Å². The van der Waals surface area contributed by atoms with Gasteiger partial charge in [0.25, 0.3) is 10.0 Å². The molecule has 0 fully saturated rings. The molecule has 0 aliphatic carbocycles. The number of aryl methyl sites for hydroxylation is 1. The standard InChI is InChI=1S/C11H13N3O2S/c1-9-12-8-11(13-9)17(15,16)14(2)10-6-4-3-5-7-10/h3-8H,1-2H3,(H,12,13). The van der Waals surface area contributed by atoms with Gasteiger partial charge < -0.3 is 4.98 Å². The summed E-state index contributed by atoms with van der Waals surface area (Å²) in [5.41, 5.74) is 0.611. The second kappa shape index (κ2) is 4.21. The van der Waals surface area contributed by atoms with Gasteiger partial charge in [0, 0.05) is 7.05 Å². The maximum atomic E-state index is 12.2. The average Bonchev–Trinajstić information content (AvgIpc) is 2.77. The Hall–Kier alpha value is -1.82. The van der Waals surface area contributed by atoms with Crippen molar-refractivity contribution in [2.75, 3.05) is 11.4 Å². The van der Waals surface area contributed by atoms with E-state index in [2.05, 4.69) is 9.97 Å². The second-order valence-electron chi connectivity index (χ2n) is 3.64. The molecule has 5 nitrogen and oxygen atoms in total. The van der Waals surface area contributed by atoms with E-state index in [0.717, 1.165) is 0 Å². The van der Waals surface area contributed by atoms with E-state index >= 15 is 0 Å². The van der Waals surface area contributed by atoms with Crippen LogP contribution in [-0.4, -0.2) is 25.4 Å². The van der Waals surface area contributed by atoms with Crippen LogP contribution in [0.15, 0.2) is 41.6 Å². The summed E-state index contributed by atoms with van der Waals surface area (Å²) in [4.78, 5) is 6.62. The van der Waals surface area contributed by atoms with E-state index in [0.29, 0.717) is 11.5 Å². The van der Waals surface area contributed by atoms with Crippen molar-refractivity contribution in [3.63, 3.8) is 0 Å². The fourth-order valence-electron chi connectivity index (χ4n) is 1.45. The lowest BCUT2D eigenvalue weighted by Gasteiger charge is -2.17. The summed E-state index contributed by atoms with van der Waals surface area (Å²) in [6.07, 6.45) is 1.32. The smallest absolute Gasteiger partial charge is 0.281 e. The Labute approximate surface area is 100 Å². The van der Waals surface area contributed by atoms with E-state index in [1.807, 2.05) is 6.07 Å². The first kappa shape index (κ1) is 11.7. The third-order valence-corrected chi connectivity index (χ3v) is 4.13. The normalized spacial score (nSPS) is 11.4. The Kier molecular flexibility index (Phi) is 2.89. The number of aromatic nitrogens is 2. The monoisotopic (exact) mass is 251 g/mol. The molecule has 0 spiro atoms. The van der Waals surface area contributed by atoms with Gasteiger partial charge in [0.15, 0.2) is 5.03 Å². The molecule has 1 N–H and O–H groups in total. The van der Waals surface area contributed by atoms with Gasteiger partial charge in [0.2, 0.25) is 0 Å². The predicted octanol–water partition coefficient (Wildman–Crippen LogP) is 1.54. The molecular weight excluding hydrogens is 238 g/mol. The van der Waals surface area contributed by atoms with Crippen LogP contribution >= 0.6 is 0 Å². The van der Waals surface area contributed by atoms with E-state index < -0.39 is 10.0 Å². The van der Waals surface area contributed by atoms with Crippen LogP contribution in [0.2, 0.25) is 0 Å². The summed E-state index contributed by atoms with van der Waals surface area (Å²) in [6, 6.07) is 8.89. The fourth-order valence-corrected chi connectivity index (χ4v) is 2.61. The van der Waals surface area contributed by atoms with Crippen LogP contribution in [0.5, 0.6) is 0 Å². The Morgan fingerprint density at radius 3 is 2.41 bits per heavy atom. The summed E-state index contributed by atoms with van der Waals surface area (Å²) in [7, 11) is -2.04. The van der Waals surface area contributed by atoms with Crippen LogP contribution in [0.3, 0.4) is 0 Å². The van der Waals surface area contributed by atoms with Crippen LogP contribution in [0.1, 0.15) is 5.82 Å². The second-order valence-corrected chi connectivity index (χ2v) is 5.58. The van der Waals surface area contributed by atoms with Crippen molar-refractivity contribution >= 4 is 15.7 Å². The number of imidazole rings is 1.